The van der Waals surface area contributed by atoms with Gasteiger partial charge in [-0.05, 0) is 28.1 Å². The van der Waals surface area contributed by atoms with Crippen molar-refractivity contribution < 1.29 is 19.1 Å². The molecule has 1 heterocycles. The number of carbonyl (C=O) groups excluding carboxylic acids is 2. The van der Waals surface area contributed by atoms with Gasteiger partial charge < -0.3 is 14.4 Å². The minimum atomic E-state index is -0.422. The SMILES string of the molecule is COC(=O)C1CC(=O)N(c2c(Br)cccc2OC)C1. The highest BCUT2D eigenvalue weighted by Crippen LogP contribution is 2.39. The van der Waals surface area contributed by atoms with E-state index in [9.17, 15) is 9.59 Å². The summed E-state index contributed by atoms with van der Waals surface area (Å²) in [4.78, 5) is 25.2. The van der Waals surface area contributed by atoms with Crippen LogP contribution in [0.2, 0.25) is 0 Å². The first-order chi connectivity index (χ1) is 9.08. The fraction of sp³-hybridized carbons (Fsp3) is 0.385. The molecule has 1 atom stereocenters. The number of ether oxygens (including phenoxy) is 2. The lowest BCUT2D eigenvalue weighted by Gasteiger charge is -2.20. The maximum Gasteiger partial charge on any atom is 0.311 e. The molecule has 1 aromatic rings. The molecule has 0 aliphatic carbocycles. The zero-order valence-electron chi connectivity index (χ0n) is 10.7. The average molecular weight is 328 g/mol. The van der Waals surface area contributed by atoms with Gasteiger partial charge in [0.2, 0.25) is 5.91 Å². The molecule has 1 aliphatic rings. The van der Waals surface area contributed by atoms with Gasteiger partial charge in [-0.2, -0.15) is 0 Å². The van der Waals surface area contributed by atoms with Crippen LogP contribution in [-0.4, -0.2) is 32.6 Å². The number of para-hydroxylation sites is 1. The highest BCUT2D eigenvalue weighted by Gasteiger charge is 2.37. The summed E-state index contributed by atoms with van der Waals surface area (Å²) < 4.78 is 10.7. The molecule has 1 amide bonds. The van der Waals surface area contributed by atoms with Crippen LogP contribution in [0, 0.1) is 5.92 Å². The van der Waals surface area contributed by atoms with Crippen molar-refractivity contribution >= 4 is 33.5 Å². The molecule has 102 valence electrons. The lowest BCUT2D eigenvalue weighted by molar-refractivity contribution is -0.145. The maximum atomic E-state index is 12.1. The normalized spacial score (nSPS) is 18.6. The third-order valence-corrected chi connectivity index (χ3v) is 3.74. The van der Waals surface area contributed by atoms with Gasteiger partial charge in [0.05, 0.1) is 20.1 Å². The Kier molecular flexibility index (Phi) is 4.09. The van der Waals surface area contributed by atoms with E-state index in [-0.39, 0.29) is 18.3 Å². The number of amides is 1. The van der Waals surface area contributed by atoms with E-state index in [2.05, 4.69) is 15.9 Å². The van der Waals surface area contributed by atoms with E-state index >= 15 is 0 Å². The molecule has 1 saturated heterocycles. The molecule has 1 aromatic carbocycles. The molecule has 1 fully saturated rings. The van der Waals surface area contributed by atoms with Crippen molar-refractivity contribution in [2.24, 2.45) is 5.92 Å². The molecule has 19 heavy (non-hydrogen) atoms. The van der Waals surface area contributed by atoms with Crippen LogP contribution >= 0.6 is 15.9 Å². The van der Waals surface area contributed by atoms with Gasteiger partial charge in [-0.15, -0.1) is 0 Å². The number of halogens is 1. The number of rotatable bonds is 3. The van der Waals surface area contributed by atoms with Crippen molar-refractivity contribution in [1.29, 1.82) is 0 Å². The van der Waals surface area contributed by atoms with Crippen LogP contribution in [0.15, 0.2) is 22.7 Å². The number of hydrogen-bond acceptors (Lipinski definition) is 4. The Morgan fingerprint density at radius 1 is 1.42 bits per heavy atom. The first-order valence-corrected chi connectivity index (χ1v) is 6.58. The fourth-order valence-corrected chi connectivity index (χ4v) is 2.73. The zero-order chi connectivity index (χ0) is 14.0. The molecule has 5 nitrogen and oxygen atoms in total. The maximum absolute atomic E-state index is 12.1. The van der Waals surface area contributed by atoms with Gasteiger partial charge in [-0.3, -0.25) is 9.59 Å². The van der Waals surface area contributed by atoms with Crippen LogP contribution in [0.25, 0.3) is 0 Å². The van der Waals surface area contributed by atoms with Crippen molar-refractivity contribution in [3.05, 3.63) is 22.7 Å². The van der Waals surface area contributed by atoms with Crippen molar-refractivity contribution in [1.82, 2.24) is 0 Å². The summed E-state index contributed by atoms with van der Waals surface area (Å²) in [5.74, 6) is -0.301. The average Bonchev–Trinajstić information content (AvgIpc) is 2.79. The van der Waals surface area contributed by atoms with E-state index < -0.39 is 5.92 Å². The van der Waals surface area contributed by atoms with Gasteiger partial charge in [-0.1, -0.05) is 6.07 Å². The Morgan fingerprint density at radius 3 is 2.79 bits per heavy atom. The summed E-state index contributed by atoms with van der Waals surface area (Å²) in [6.07, 6.45) is 0.164. The number of hydrogen-bond donors (Lipinski definition) is 0. The molecular formula is C13H14BrNO4. The second-order valence-corrected chi connectivity index (χ2v) is 5.07. The second kappa shape index (κ2) is 5.61. The van der Waals surface area contributed by atoms with Gasteiger partial charge in [0.25, 0.3) is 0 Å². The van der Waals surface area contributed by atoms with Gasteiger partial charge in [0, 0.05) is 17.4 Å². The van der Waals surface area contributed by atoms with E-state index in [1.54, 1.807) is 18.1 Å². The topological polar surface area (TPSA) is 55.8 Å². The fourth-order valence-electron chi connectivity index (χ4n) is 2.17. The summed E-state index contributed by atoms with van der Waals surface area (Å²) in [5, 5.41) is 0. The van der Waals surface area contributed by atoms with Crippen molar-refractivity contribution in [3.63, 3.8) is 0 Å². The van der Waals surface area contributed by atoms with E-state index in [0.717, 1.165) is 4.47 Å². The quantitative estimate of drug-likeness (QED) is 0.796. The number of esters is 1. The molecule has 2 rings (SSSR count). The molecule has 0 spiro atoms. The summed E-state index contributed by atoms with van der Waals surface area (Å²) >= 11 is 3.41. The third-order valence-electron chi connectivity index (χ3n) is 3.10. The lowest BCUT2D eigenvalue weighted by Crippen LogP contribution is -2.27. The first-order valence-electron chi connectivity index (χ1n) is 5.79. The Balaban J connectivity index is 2.33. The van der Waals surface area contributed by atoms with Crippen LogP contribution in [-0.2, 0) is 14.3 Å². The smallest absolute Gasteiger partial charge is 0.311 e. The largest absolute Gasteiger partial charge is 0.495 e. The van der Waals surface area contributed by atoms with Gasteiger partial charge in [-0.25, -0.2) is 0 Å². The van der Waals surface area contributed by atoms with E-state index in [0.29, 0.717) is 18.0 Å². The lowest BCUT2D eigenvalue weighted by atomic mass is 10.1. The molecule has 6 heteroatoms. The Hall–Kier alpha value is -1.56. The Morgan fingerprint density at radius 2 is 2.16 bits per heavy atom. The summed E-state index contributed by atoms with van der Waals surface area (Å²) in [5.41, 5.74) is 0.654. The van der Waals surface area contributed by atoms with Gasteiger partial charge in [0.1, 0.15) is 11.4 Å². The zero-order valence-corrected chi connectivity index (χ0v) is 12.3. The minimum Gasteiger partial charge on any atom is -0.495 e. The predicted molar refractivity (Wildman–Crippen MR) is 73.2 cm³/mol. The highest BCUT2D eigenvalue weighted by atomic mass is 79.9. The summed E-state index contributed by atoms with van der Waals surface area (Å²) in [6.45, 7) is 0.310. The molecule has 1 aliphatic heterocycles. The van der Waals surface area contributed by atoms with Gasteiger partial charge >= 0.3 is 5.97 Å². The Bertz CT molecular complexity index is 517. The van der Waals surface area contributed by atoms with E-state index in [1.807, 2.05) is 12.1 Å². The van der Waals surface area contributed by atoms with Crippen LogP contribution in [0.4, 0.5) is 5.69 Å². The number of carbonyl (C=O) groups is 2. The predicted octanol–water partition coefficient (Wildman–Crippen LogP) is 1.98. The van der Waals surface area contributed by atoms with Crippen LogP contribution in [0.1, 0.15) is 6.42 Å². The molecule has 0 radical (unpaired) electrons. The monoisotopic (exact) mass is 327 g/mol. The number of methoxy groups -OCH3 is 2. The van der Waals surface area contributed by atoms with Crippen LogP contribution in [0.3, 0.4) is 0 Å². The minimum absolute atomic E-state index is 0.111. The second-order valence-electron chi connectivity index (χ2n) is 4.22. The number of nitrogens with zero attached hydrogens (tertiary/aromatic N) is 1. The van der Waals surface area contributed by atoms with Crippen LogP contribution in [0.5, 0.6) is 5.75 Å². The molecule has 0 saturated carbocycles. The molecule has 0 bridgehead atoms. The van der Waals surface area contributed by atoms with Gasteiger partial charge in [0.15, 0.2) is 0 Å². The molecule has 1 unspecified atom stereocenters. The van der Waals surface area contributed by atoms with E-state index in [1.165, 1.54) is 7.11 Å². The highest BCUT2D eigenvalue weighted by molar-refractivity contribution is 9.10. The molecule has 0 aromatic heterocycles. The van der Waals surface area contributed by atoms with Crippen molar-refractivity contribution in [3.8, 4) is 5.75 Å². The summed E-state index contributed by atoms with van der Waals surface area (Å²) in [7, 11) is 2.87. The van der Waals surface area contributed by atoms with E-state index in [4.69, 9.17) is 9.47 Å². The van der Waals surface area contributed by atoms with Crippen molar-refractivity contribution in [2.75, 3.05) is 25.7 Å². The standard InChI is InChI=1S/C13H14BrNO4/c1-18-10-5-3-4-9(14)12(10)15-7-8(6-11(15)16)13(17)19-2/h3-5,8H,6-7H2,1-2H3. The van der Waals surface area contributed by atoms with Crippen molar-refractivity contribution in [2.45, 2.75) is 6.42 Å². The number of anilines is 1. The molecular weight excluding hydrogens is 314 g/mol. The number of benzene rings is 1. The molecule has 0 N–H and O–H groups in total. The summed E-state index contributed by atoms with van der Waals surface area (Å²) in [6, 6.07) is 5.43. The van der Waals surface area contributed by atoms with Crippen LogP contribution < -0.4 is 9.64 Å². The first kappa shape index (κ1) is 13.9. The third kappa shape index (κ3) is 2.58. The Labute approximate surface area is 119 Å².